The summed E-state index contributed by atoms with van der Waals surface area (Å²) in [5.41, 5.74) is 5.45. The van der Waals surface area contributed by atoms with Crippen LogP contribution in [0.4, 0.5) is 5.69 Å². The lowest BCUT2D eigenvalue weighted by Gasteiger charge is -2.15. The Kier molecular flexibility index (Phi) is 5.87. The molecule has 2 aromatic rings. The Bertz CT molecular complexity index is 702. The van der Waals surface area contributed by atoms with Crippen LogP contribution in [0, 0.1) is 0 Å². The summed E-state index contributed by atoms with van der Waals surface area (Å²) in [6.45, 7) is 6.56. The van der Waals surface area contributed by atoms with E-state index < -0.39 is 0 Å². The van der Waals surface area contributed by atoms with Crippen LogP contribution >= 0.6 is 0 Å². The second kappa shape index (κ2) is 8.30. The van der Waals surface area contributed by atoms with Crippen LogP contribution < -0.4 is 4.90 Å². The second-order valence-electron chi connectivity index (χ2n) is 6.70. The Labute approximate surface area is 151 Å². The first-order valence-corrected chi connectivity index (χ1v) is 9.39. The van der Waals surface area contributed by atoms with Gasteiger partial charge in [0.2, 0.25) is 6.34 Å². The maximum atomic E-state index is 9.93. The number of nitrogens with zero attached hydrogens (tertiary/aromatic N) is 2. The van der Waals surface area contributed by atoms with Crippen molar-refractivity contribution >= 4 is 12.0 Å². The molecular weight excluding hydrogens is 308 g/mol. The normalized spacial score (nSPS) is 15.3. The molecule has 3 rings (SSSR count). The van der Waals surface area contributed by atoms with E-state index in [9.17, 15) is 5.11 Å². The van der Waals surface area contributed by atoms with Gasteiger partial charge in [0.15, 0.2) is 0 Å². The minimum atomic E-state index is 0.131. The summed E-state index contributed by atoms with van der Waals surface area (Å²) < 4.78 is 2.30. The summed E-state index contributed by atoms with van der Waals surface area (Å²) in [7, 11) is 0. The van der Waals surface area contributed by atoms with Gasteiger partial charge in [-0.2, -0.15) is 0 Å². The Morgan fingerprint density at radius 3 is 2.28 bits per heavy atom. The molecule has 0 aromatic heterocycles. The standard InChI is InChI=1S/C22H29N2O/c1-3-19-11-8-12-20(4-2)22(19)24-14-13-23(17-24)21(16-25)15-18-9-6-5-7-10-18/h5-12,17,21,25H,3-4,13-16H2,1-2H3/q+1. The molecule has 0 bridgehead atoms. The summed E-state index contributed by atoms with van der Waals surface area (Å²) in [6.07, 6.45) is 5.18. The first-order chi connectivity index (χ1) is 12.3. The number of aliphatic hydroxyl groups is 1. The molecule has 0 amide bonds. The van der Waals surface area contributed by atoms with Gasteiger partial charge in [-0.05, 0) is 29.5 Å². The molecular formula is C22H29N2O+. The lowest BCUT2D eigenvalue weighted by Crippen LogP contribution is -2.31. The van der Waals surface area contributed by atoms with Crippen molar-refractivity contribution in [2.24, 2.45) is 0 Å². The Morgan fingerprint density at radius 1 is 1.00 bits per heavy atom. The third-order valence-electron chi connectivity index (χ3n) is 5.13. The molecule has 1 N–H and O–H groups in total. The molecule has 2 aromatic carbocycles. The molecule has 0 aliphatic carbocycles. The monoisotopic (exact) mass is 337 g/mol. The van der Waals surface area contributed by atoms with E-state index in [1.807, 2.05) is 6.07 Å². The number of aliphatic hydroxyl groups excluding tert-OH is 1. The highest BCUT2D eigenvalue weighted by atomic mass is 16.3. The number of aryl methyl sites for hydroxylation is 2. The van der Waals surface area contributed by atoms with E-state index in [1.165, 1.54) is 22.4 Å². The minimum absolute atomic E-state index is 0.131. The van der Waals surface area contributed by atoms with Crippen molar-refractivity contribution in [3.63, 3.8) is 0 Å². The van der Waals surface area contributed by atoms with Crippen LogP contribution in [-0.4, -0.2) is 41.8 Å². The van der Waals surface area contributed by atoms with Crippen LogP contribution in [0.15, 0.2) is 48.5 Å². The van der Waals surface area contributed by atoms with Crippen LogP contribution in [0.25, 0.3) is 0 Å². The zero-order chi connectivity index (χ0) is 17.6. The maximum Gasteiger partial charge on any atom is 0.239 e. The van der Waals surface area contributed by atoms with E-state index in [1.54, 1.807) is 0 Å². The highest BCUT2D eigenvalue weighted by Gasteiger charge is 2.29. The predicted octanol–water partition coefficient (Wildman–Crippen LogP) is 3.28. The molecule has 3 heteroatoms. The molecule has 0 saturated carbocycles. The van der Waals surface area contributed by atoms with Gasteiger partial charge in [-0.3, -0.25) is 4.58 Å². The van der Waals surface area contributed by atoms with E-state index >= 15 is 0 Å². The third kappa shape index (κ3) is 3.93. The van der Waals surface area contributed by atoms with Gasteiger partial charge < -0.3 is 5.11 Å². The van der Waals surface area contributed by atoms with Gasteiger partial charge in [-0.15, -0.1) is 0 Å². The number of benzene rings is 2. The van der Waals surface area contributed by atoms with Gasteiger partial charge in [0.25, 0.3) is 0 Å². The average molecular weight is 337 g/mol. The third-order valence-corrected chi connectivity index (χ3v) is 5.13. The molecule has 1 heterocycles. The van der Waals surface area contributed by atoms with Crippen LogP contribution in [0.5, 0.6) is 0 Å². The Balaban J connectivity index is 1.84. The summed E-state index contributed by atoms with van der Waals surface area (Å²) in [4.78, 5) is 2.38. The van der Waals surface area contributed by atoms with Crippen molar-refractivity contribution in [3.8, 4) is 0 Å². The molecule has 1 aliphatic rings. The van der Waals surface area contributed by atoms with Crippen molar-refractivity contribution in [3.05, 3.63) is 65.2 Å². The number of rotatable bonds is 7. The number of anilines is 1. The Morgan fingerprint density at radius 2 is 1.68 bits per heavy atom. The van der Waals surface area contributed by atoms with Gasteiger partial charge in [0.05, 0.1) is 6.61 Å². The summed E-state index contributed by atoms with van der Waals surface area (Å²) >= 11 is 0. The van der Waals surface area contributed by atoms with E-state index in [2.05, 4.69) is 72.1 Å². The van der Waals surface area contributed by atoms with Gasteiger partial charge in [0, 0.05) is 6.42 Å². The summed E-state index contributed by atoms with van der Waals surface area (Å²) in [6, 6.07) is 17.2. The molecule has 1 unspecified atom stereocenters. The van der Waals surface area contributed by atoms with Gasteiger partial charge >= 0.3 is 0 Å². The van der Waals surface area contributed by atoms with Crippen molar-refractivity contribution in [2.75, 3.05) is 24.6 Å². The summed E-state index contributed by atoms with van der Waals surface area (Å²) in [5.74, 6) is 0. The molecule has 25 heavy (non-hydrogen) atoms. The molecule has 1 atom stereocenters. The van der Waals surface area contributed by atoms with Crippen molar-refractivity contribution < 1.29 is 9.68 Å². The zero-order valence-corrected chi connectivity index (χ0v) is 15.4. The van der Waals surface area contributed by atoms with E-state index in [0.717, 1.165) is 32.4 Å². The zero-order valence-electron chi connectivity index (χ0n) is 15.4. The van der Waals surface area contributed by atoms with E-state index in [-0.39, 0.29) is 12.6 Å². The van der Waals surface area contributed by atoms with Crippen LogP contribution in [0.3, 0.4) is 0 Å². The largest absolute Gasteiger partial charge is 0.392 e. The van der Waals surface area contributed by atoms with Crippen LogP contribution in [0.1, 0.15) is 30.5 Å². The predicted molar refractivity (Wildman–Crippen MR) is 105 cm³/mol. The molecule has 0 fully saturated rings. The van der Waals surface area contributed by atoms with Crippen molar-refractivity contribution in [1.29, 1.82) is 0 Å². The average Bonchev–Trinajstić information content (AvgIpc) is 3.15. The molecule has 0 radical (unpaired) electrons. The van der Waals surface area contributed by atoms with Crippen LogP contribution in [0.2, 0.25) is 0 Å². The fourth-order valence-corrected chi connectivity index (χ4v) is 3.72. The first kappa shape index (κ1) is 17.7. The quantitative estimate of drug-likeness (QED) is 0.785. The highest BCUT2D eigenvalue weighted by molar-refractivity contribution is 5.81. The SMILES string of the molecule is CCc1cccc(CC)c1N1C=[N+](C(CO)Cc2ccccc2)CC1. The van der Waals surface area contributed by atoms with Gasteiger partial charge in [-0.1, -0.05) is 62.4 Å². The fourth-order valence-electron chi connectivity index (χ4n) is 3.72. The number of para-hydroxylation sites is 1. The lowest BCUT2D eigenvalue weighted by molar-refractivity contribution is -0.555. The summed E-state index contributed by atoms with van der Waals surface area (Å²) in [5, 5.41) is 9.93. The molecule has 132 valence electrons. The second-order valence-corrected chi connectivity index (χ2v) is 6.70. The Hall–Kier alpha value is -2.13. The fraction of sp³-hybridized carbons (Fsp3) is 0.409. The maximum absolute atomic E-state index is 9.93. The van der Waals surface area contributed by atoms with E-state index in [4.69, 9.17) is 0 Å². The molecule has 0 spiro atoms. The van der Waals surface area contributed by atoms with E-state index in [0.29, 0.717) is 0 Å². The smallest absolute Gasteiger partial charge is 0.239 e. The molecule has 1 aliphatic heterocycles. The topological polar surface area (TPSA) is 26.5 Å². The van der Waals surface area contributed by atoms with Crippen molar-refractivity contribution in [1.82, 2.24) is 0 Å². The van der Waals surface area contributed by atoms with Gasteiger partial charge in [0.1, 0.15) is 24.8 Å². The number of hydrogen-bond donors (Lipinski definition) is 1. The first-order valence-electron chi connectivity index (χ1n) is 9.39. The lowest BCUT2D eigenvalue weighted by atomic mass is 10.0. The number of hydrogen-bond acceptors (Lipinski definition) is 2. The van der Waals surface area contributed by atoms with Crippen molar-refractivity contribution in [2.45, 2.75) is 39.2 Å². The van der Waals surface area contributed by atoms with Crippen LogP contribution in [-0.2, 0) is 19.3 Å². The molecule has 0 saturated heterocycles. The minimum Gasteiger partial charge on any atom is -0.392 e. The van der Waals surface area contributed by atoms with Gasteiger partial charge in [-0.25, -0.2) is 4.90 Å². The highest BCUT2D eigenvalue weighted by Crippen LogP contribution is 2.27. The molecule has 3 nitrogen and oxygen atoms in total.